The number of nitrogens with one attached hydrogen (secondary N) is 2. The van der Waals surface area contributed by atoms with Crippen molar-refractivity contribution in [2.45, 2.75) is 42.6 Å². The van der Waals surface area contributed by atoms with Crippen LogP contribution < -0.4 is 10.6 Å². The fourth-order valence-corrected chi connectivity index (χ4v) is 3.61. The Morgan fingerprint density at radius 1 is 1.40 bits per heavy atom. The third kappa shape index (κ3) is 7.98. The zero-order valence-corrected chi connectivity index (χ0v) is 17.5. The second-order valence-corrected chi connectivity index (χ2v) is 8.63. The van der Waals surface area contributed by atoms with Crippen LogP contribution in [-0.4, -0.2) is 56.8 Å². The lowest BCUT2D eigenvalue weighted by Gasteiger charge is -2.21. The number of ether oxygens (including phenoxy) is 2. The van der Waals surface area contributed by atoms with Gasteiger partial charge in [-0.05, 0) is 37.6 Å². The molecule has 7 heteroatoms. The Hall–Kier alpha value is -0.760. The average molecular weight is 430 g/mol. The Morgan fingerprint density at radius 2 is 2.16 bits per heavy atom. The maximum Gasteiger partial charge on any atom is 0.191 e. The van der Waals surface area contributed by atoms with Gasteiger partial charge in [-0.25, -0.2) is 0 Å². The van der Waals surface area contributed by atoms with E-state index in [0.717, 1.165) is 30.0 Å². The maximum atomic E-state index is 5.85. The minimum atomic E-state index is 0.196. The van der Waals surface area contributed by atoms with Crippen LogP contribution in [0.3, 0.4) is 0 Å². The molecule has 1 heterocycles. The molecule has 1 fully saturated rings. The van der Waals surface area contributed by atoms with E-state index in [1.165, 1.54) is 4.90 Å². The van der Waals surface area contributed by atoms with Crippen molar-refractivity contribution in [1.82, 2.24) is 10.6 Å². The summed E-state index contributed by atoms with van der Waals surface area (Å²) >= 11 is 5.31. The Labute approximate surface area is 163 Å². The summed E-state index contributed by atoms with van der Waals surface area (Å²) in [6, 6.07) is 8.59. The largest absolute Gasteiger partial charge is 0.379 e. The molecule has 25 heavy (non-hydrogen) atoms. The molecule has 2 N–H and O–H groups in total. The summed E-state index contributed by atoms with van der Waals surface area (Å²) in [4.78, 5) is 5.56. The van der Waals surface area contributed by atoms with Gasteiger partial charge in [-0.2, -0.15) is 0 Å². The van der Waals surface area contributed by atoms with E-state index in [-0.39, 0.29) is 12.1 Å². The predicted molar refractivity (Wildman–Crippen MR) is 109 cm³/mol. The van der Waals surface area contributed by atoms with Gasteiger partial charge in [-0.3, -0.25) is 4.99 Å². The molecule has 5 nitrogen and oxygen atoms in total. The van der Waals surface area contributed by atoms with Crippen molar-refractivity contribution in [2.24, 2.45) is 4.99 Å². The highest BCUT2D eigenvalue weighted by Gasteiger charge is 2.17. The average Bonchev–Trinajstić information content (AvgIpc) is 3.12. The fourth-order valence-electron chi connectivity index (χ4n) is 2.42. The fraction of sp³-hybridized carbons (Fsp3) is 0.611. The van der Waals surface area contributed by atoms with Crippen LogP contribution in [0.5, 0.6) is 0 Å². The van der Waals surface area contributed by atoms with Crippen LogP contribution in [0.4, 0.5) is 0 Å². The number of benzene rings is 1. The molecule has 0 saturated carbocycles. The smallest absolute Gasteiger partial charge is 0.191 e. The minimum absolute atomic E-state index is 0.196. The highest BCUT2D eigenvalue weighted by Crippen LogP contribution is 2.24. The third-order valence-electron chi connectivity index (χ3n) is 3.78. The monoisotopic (exact) mass is 429 g/mol. The zero-order valence-electron chi connectivity index (χ0n) is 15.1. The van der Waals surface area contributed by atoms with Crippen molar-refractivity contribution in [2.75, 3.05) is 33.4 Å². The van der Waals surface area contributed by atoms with E-state index >= 15 is 0 Å². The van der Waals surface area contributed by atoms with Crippen LogP contribution in [-0.2, 0) is 9.47 Å². The Balaban J connectivity index is 1.67. The molecular formula is C18H28BrN3O2S. The van der Waals surface area contributed by atoms with Crippen molar-refractivity contribution in [3.8, 4) is 0 Å². The molecule has 0 aliphatic carbocycles. The van der Waals surface area contributed by atoms with E-state index in [9.17, 15) is 0 Å². The number of thioether (sulfide) groups is 1. The number of rotatable bonds is 8. The summed E-state index contributed by atoms with van der Waals surface area (Å²) in [6.07, 6.45) is 1.23. The molecule has 1 aliphatic rings. The molecule has 1 aromatic carbocycles. The third-order valence-corrected chi connectivity index (χ3v) is 5.43. The first-order valence-corrected chi connectivity index (χ1v) is 10.3. The molecule has 1 aliphatic heterocycles. The van der Waals surface area contributed by atoms with Gasteiger partial charge in [0, 0.05) is 40.9 Å². The van der Waals surface area contributed by atoms with Gasteiger partial charge in [0.05, 0.1) is 19.3 Å². The molecule has 0 spiro atoms. The Kier molecular flexibility index (Phi) is 9.09. The van der Waals surface area contributed by atoms with Crippen LogP contribution in [0, 0.1) is 0 Å². The van der Waals surface area contributed by atoms with Crippen LogP contribution >= 0.6 is 27.7 Å². The van der Waals surface area contributed by atoms with Crippen molar-refractivity contribution < 1.29 is 9.47 Å². The van der Waals surface area contributed by atoms with Crippen molar-refractivity contribution in [3.05, 3.63) is 28.7 Å². The number of nitrogens with zero attached hydrogens (tertiary/aromatic N) is 1. The van der Waals surface area contributed by atoms with Crippen LogP contribution in [0.2, 0.25) is 0 Å². The molecule has 0 radical (unpaired) electrons. The first kappa shape index (κ1) is 20.6. The number of halogens is 1. The molecule has 3 atom stereocenters. The minimum Gasteiger partial charge on any atom is -0.379 e. The molecule has 1 saturated heterocycles. The normalized spacial score (nSPS) is 20.3. The number of hydrogen-bond acceptors (Lipinski definition) is 4. The second-order valence-electron chi connectivity index (χ2n) is 6.20. The lowest BCUT2D eigenvalue weighted by molar-refractivity contribution is 0.0347. The molecule has 3 unspecified atom stereocenters. The van der Waals surface area contributed by atoms with E-state index < -0.39 is 0 Å². The van der Waals surface area contributed by atoms with E-state index in [0.29, 0.717) is 18.5 Å². The second kappa shape index (κ2) is 11.1. The number of guanidine groups is 1. The van der Waals surface area contributed by atoms with E-state index in [1.54, 1.807) is 7.05 Å². The summed E-state index contributed by atoms with van der Waals surface area (Å²) in [7, 11) is 1.79. The SMILES string of the molecule is CN=C(NCC(C)Sc1ccc(Br)cc1)NC(C)COC1CCOC1. The van der Waals surface area contributed by atoms with Crippen molar-refractivity contribution >= 4 is 33.7 Å². The lowest BCUT2D eigenvalue weighted by Crippen LogP contribution is -2.46. The van der Waals surface area contributed by atoms with E-state index in [4.69, 9.17) is 9.47 Å². The summed E-state index contributed by atoms with van der Waals surface area (Å²) in [5.41, 5.74) is 0. The first-order valence-electron chi connectivity index (χ1n) is 8.65. The van der Waals surface area contributed by atoms with E-state index in [2.05, 4.69) is 69.7 Å². The number of aliphatic imine (C=N–C) groups is 1. The van der Waals surface area contributed by atoms with Gasteiger partial charge in [0.25, 0.3) is 0 Å². The zero-order chi connectivity index (χ0) is 18.1. The molecule has 0 amide bonds. The van der Waals surface area contributed by atoms with Gasteiger partial charge in [0.2, 0.25) is 0 Å². The highest BCUT2D eigenvalue weighted by atomic mass is 79.9. The van der Waals surface area contributed by atoms with Crippen LogP contribution in [0.25, 0.3) is 0 Å². The van der Waals surface area contributed by atoms with Gasteiger partial charge in [-0.1, -0.05) is 22.9 Å². The van der Waals surface area contributed by atoms with Crippen LogP contribution in [0.1, 0.15) is 20.3 Å². The standard InChI is InChI=1S/C18H28BrN3O2S/c1-13(11-24-16-8-9-23-12-16)22-18(20-3)21-10-14(2)25-17-6-4-15(19)5-7-17/h4-7,13-14,16H,8-12H2,1-3H3,(H2,20,21,22). The quantitative estimate of drug-likeness (QED) is 0.377. The maximum absolute atomic E-state index is 5.85. The predicted octanol–water partition coefficient (Wildman–Crippen LogP) is 3.29. The van der Waals surface area contributed by atoms with Crippen molar-refractivity contribution in [1.29, 1.82) is 0 Å². The molecule has 1 aromatic rings. The molecule has 0 bridgehead atoms. The van der Waals surface area contributed by atoms with Gasteiger partial charge in [0.1, 0.15) is 0 Å². The van der Waals surface area contributed by atoms with Crippen molar-refractivity contribution in [3.63, 3.8) is 0 Å². The van der Waals surface area contributed by atoms with Crippen LogP contribution in [0.15, 0.2) is 38.6 Å². The summed E-state index contributed by atoms with van der Waals surface area (Å²) in [6.45, 7) is 7.32. The lowest BCUT2D eigenvalue weighted by atomic mass is 10.3. The summed E-state index contributed by atoms with van der Waals surface area (Å²) in [5.74, 6) is 0.807. The summed E-state index contributed by atoms with van der Waals surface area (Å²) in [5, 5.41) is 7.20. The molecule has 140 valence electrons. The molecule has 0 aromatic heterocycles. The van der Waals surface area contributed by atoms with Gasteiger partial charge < -0.3 is 20.1 Å². The highest BCUT2D eigenvalue weighted by molar-refractivity contribution is 9.10. The Bertz CT molecular complexity index is 536. The topological polar surface area (TPSA) is 54.9 Å². The van der Waals surface area contributed by atoms with Gasteiger partial charge >= 0.3 is 0 Å². The first-order chi connectivity index (χ1) is 12.1. The molecule has 2 rings (SSSR count). The Morgan fingerprint density at radius 3 is 2.80 bits per heavy atom. The van der Waals surface area contributed by atoms with E-state index in [1.807, 2.05) is 11.8 Å². The summed E-state index contributed by atoms with van der Waals surface area (Å²) < 4.78 is 12.3. The van der Waals surface area contributed by atoms with Gasteiger partial charge in [0.15, 0.2) is 5.96 Å². The molecular weight excluding hydrogens is 402 g/mol. The number of hydrogen-bond donors (Lipinski definition) is 2. The van der Waals surface area contributed by atoms with Gasteiger partial charge in [-0.15, -0.1) is 11.8 Å².